The van der Waals surface area contributed by atoms with Crippen molar-refractivity contribution < 1.29 is 0 Å². The quantitative estimate of drug-likeness (QED) is 0.844. The topological polar surface area (TPSA) is 26.0 Å². The normalized spacial score (nSPS) is 12.4. The number of nitrogens with two attached hydrogens (primary N) is 1. The number of hydrogen-bond acceptors (Lipinski definition) is 1. The molecule has 0 aliphatic carbocycles. The maximum atomic E-state index is 6.03. The van der Waals surface area contributed by atoms with Gasteiger partial charge in [0.15, 0.2) is 0 Å². The van der Waals surface area contributed by atoms with Crippen LogP contribution in [0.5, 0.6) is 0 Å². The Balaban J connectivity index is 2.36. The molecule has 0 fully saturated rings. The van der Waals surface area contributed by atoms with Crippen LogP contribution in [0.2, 0.25) is 0 Å². The first kappa shape index (κ1) is 12.8. The fraction of sp³-hybridized carbons (Fsp3) is 0.294. The van der Waals surface area contributed by atoms with Crippen molar-refractivity contribution in [3.63, 3.8) is 0 Å². The third-order valence-electron chi connectivity index (χ3n) is 3.25. The van der Waals surface area contributed by atoms with E-state index in [-0.39, 0.29) is 6.04 Å². The van der Waals surface area contributed by atoms with Gasteiger partial charge in [-0.15, -0.1) is 0 Å². The van der Waals surface area contributed by atoms with E-state index in [1.54, 1.807) is 0 Å². The van der Waals surface area contributed by atoms with Crippen LogP contribution in [0.1, 0.15) is 37.4 Å². The van der Waals surface area contributed by atoms with Crippen LogP contribution in [0.4, 0.5) is 0 Å². The van der Waals surface area contributed by atoms with Crippen molar-refractivity contribution >= 4 is 0 Å². The van der Waals surface area contributed by atoms with Crippen LogP contribution in [-0.4, -0.2) is 0 Å². The summed E-state index contributed by atoms with van der Waals surface area (Å²) in [4.78, 5) is 0. The lowest BCUT2D eigenvalue weighted by Crippen LogP contribution is -2.06. The van der Waals surface area contributed by atoms with Gasteiger partial charge < -0.3 is 5.73 Å². The Hall–Kier alpha value is -1.60. The maximum absolute atomic E-state index is 6.03. The lowest BCUT2D eigenvalue weighted by molar-refractivity contribution is 0.820. The van der Waals surface area contributed by atoms with Gasteiger partial charge in [0.2, 0.25) is 0 Å². The van der Waals surface area contributed by atoms with Crippen LogP contribution in [-0.2, 0) is 6.42 Å². The Kier molecular flexibility index (Phi) is 4.16. The lowest BCUT2D eigenvalue weighted by Gasteiger charge is -2.13. The van der Waals surface area contributed by atoms with Gasteiger partial charge in [-0.1, -0.05) is 61.9 Å². The zero-order valence-corrected chi connectivity index (χ0v) is 11.2. The Labute approximate surface area is 110 Å². The van der Waals surface area contributed by atoms with Crippen molar-refractivity contribution in [2.75, 3.05) is 0 Å². The van der Waals surface area contributed by atoms with E-state index in [4.69, 9.17) is 5.73 Å². The summed E-state index contributed by atoms with van der Waals surface area (Å²) >= 11 is 0. The van der Waals surface area contributed by atoms with Crippen LogP contribution in [0.3, 0.4) is 0 Å². The van der Waals surface area contributed by atoms with Crippen LogP contribution >= 0.6 is 0 Å². The van der Waals surface area contributed by atoms with Crippen molar-refractivity contribution in [3.05, 3.63) is 59.7 Å². The van der Waals surface area contributed by atoms with Crippen molar-refractivity contribution in [2.45, 2.75) is 32.7 Å². The van der Waals surface area contributed by atoms with E-state index in [9.17, 15) is 0 Å². The summed E-state index contributed by atoms with van der Waals surface area (Å²) in [6, 6.07) is 17.3. The third kappa shape index (κ3) is 2.80. The van der Waals surface area contributed by atoms with Gasteiger partial charge in [-0.2, -0.15) is 0 Å². The second kappa shape index (κ2) is 5.83. The van der Waals surface area contributed by atoms with E-state index in [0.717, 1.165) is 6.42 Å². The van der Waals surface area contributed by atoms with E-state index < -0.39 is 0 Å². The summed E-state index contributed by atoms with van der Waals surface area (Å²) < 4.78 is 0. The smallest absolute Gasteiger partial charge is 0.0272 e. The predicted octanol–water partition coefficient (Wildman–Crippen LogP) is 4.33. The molecule has 1 nitrogen and oxygen atoms in total. The van der Waals surface area contributed by atoms with Crippen LogP contribution < -0.4 is 5.73 Å². The summed E-state index contributed by atoms with van der Waals surface area (Å²) in [7, 11) is 0. The molecule has 2 N–H and O–H groups in total. The summed E-state index contributed by atoms with van der Waals surface area (Å²) in [6.45, 7) is 4.24. The molecule has 0 aromatic heterocycles. The van der Waals surface area contributed by atoms with E-state index in [2.05, 4.69) is 49.4 Å². The second-order valence-electron chi connectivity index (χ2n) is 4.82. The minimum Gasteiger partial charge on any atom is -0.324 e. The molecule has 2 aromatic rings. The van der Waals surface area contributed by atoms with E-state index in [0.29, 0.717) is 0 Å². The fourth-order valence-corrected chi connectivity index (χ4v) is 2.30. The zero-order chi connectivity index (χ0) is 13.0. The van der Waals surface area contributed by atoms with Gasteiger partial charge in [0.25, 0.3) is 0 Å². The average Bonchev–Trinajstić information content (AvgIpc) is 2.40. The minimum absolute atomic E-state index is 0.0662. The molecular formula is C17H21N. The van der Waals surface area contributed by atoms with Gasteiger partial charge in [-0.25, -0.2) is 0 Å². The molecule has 0 aliphatic heterocycles. The number of rotatable bonds is 4. The molecule has 0 saturated carbocycles. The largest absolute Gasteiger partial charge is 0.324 e. The summed E-state index contributed by atoms with van der Waals surface area (Å²) in [5, 5.41) is 0. The highest BCUT2D eigenvalue weighted by Gasteiger charge is 2.07. The summed E-state index contributed by atoms with van der Waals surface area (Å²) in [5.41, 5.74) is 11.1. The maximum Gasteiger partial charge on any atom is 0.0272 e. The molecule has 0 radical (unpaired) electrons. The van der Waals surface area contributed by atoms with Crippen LogP contribution in [0.25, 0.3) is 11.1 Å². The van der Waals surface area contributed by atoms with Crippen LogP contribution in [0, 0.1) is 0 Å². The molecule has 1 unspecified atom stereocenters. The van der Waals surface area contributed by atoms with Crippen molar-refractivity contribution in [1.29, 1.82) is 0 Å². The number of aryl methyl sites for hydroxylation is 1. The highest BCUT2D eigenvalue weighted by molar-refractivity contribution is 5.68. The standard InChI is InChI=1S/C17H21N/c1-3-6-14-9-11-15(12-10-14)17-8-5-4-7-16(17)13(2)18/h4-5,7-13H,3,6,18H2,1-2H3. The first-order valence-corrected chi connectivity index (χ1v) is 6.66. The summed E-state index contributed by atoms with van der Waals surface area (Å²) in [6.07, 6.45) is 2.34. The molecule has 94 valence electrons. The summed E-state index contributed by atoms with van der Waals surface area (Å²) in [5.74, 6) is 0. The first-order valence-electron chi connectivity index (χ1n) is 6.66. The van der Waals surface area contributed by atoms with Crippen LogP contribution in [0.15, 0.2) is 48.5 Å². The molecule has 0 spiro atoms. The zero-order valence-electron chi connectivity index (χ0n) is 11.2. The van der Waals surface area contributed by atoms with E-state index in [1.807, 2.05) is 13.0 Å². The Bertz CT molecular complexity index is 497. The molecule has 18 heavy (non-hydrogen) atoms. The molecule has 0 bridgehead atoms. The average molecular weight is 239 g/mol. The molecule has 1 heteroatoms. The molecule has 2 aromatic carbocycles. The van der Waals surface area contributed by atoms with E-state index in [1.165, 1.54) is 28.7 Å². The van der Waals surface area contributed by atoms with Crippen molar-refractivity contribution in [2.24, 2.45) is 5.73 Å². The molecule has 0 saturated heterocycles. The Morgan fingerprint density at radius 3 is 2.28 bits per heavy atom. The Morgan fingerprint density at radius 1 is 1.00 bits per heavy atom. The highest BCUT2D eigenvalue weighted by Crippen LogP contribution is 2.27. The highest BCUT2D eigenvalue weighted by atomic mass is 14.6. The fourth-order valence-electron chi connectivity index (χ4n) is 2.30. The predicted molar refractivity (Wildman–Crippen MR) is 78.5 cm³/mol. The van der Waals surface area contributed by atoms with Gasteiger partial charge in [-0.05, 0) is 35.6 Å². The van der Waals surface area contributed by atoms with Gasteiger partial charge in [0.05, 0.1) is 0 Å². The first-order chi connectivity index (χ1) is 8.72. The second-order valence-corrected chi connectivity index (χ2v) is 4.82. The molecule has 0 heterocycles. The molecule has 1 atom stereocenters. The molecule has 2 rings (SSSR count). The van der Waals surface area contributed by atoms with E-state index >= 15 is 0 Å². The number of hydrogen-bond donors (Lipinski definition) is 1. The van der Waals surface area contributed by atoms with Gasteiger partial charge in [0, 0.05) is 6.04 Å². The molecular weight excluding hydrogens is 218 g/mol. The molecule has 0 aliphatic rings. The SMILES string of the molecule is CCCc1ccc(-c2ccccc2C(C)N)cc1. The monoisotopic (exact) mass is 239 g/mol. The lowest BCUT2D eigenvalue weighted by atomic mass is 9.95. The third-order valence-corrected chi connectivity index (χ3v) is 3.25. The van der Waals surface area contributed by atoms with Crippen molar-refractivity contribution in [1.82, 2.24) is 0 Å². The molecule has 0 amide bonds. The van der Waals surface area contributed by atoms with Gasteiger partial charge >= 0.3 is 0 Å². The van der Waals surface area contributed by atoms with Gasteiger partial charge in [-0.3, -0.25) is 0 Å². The minimum atomic E-state index is 0.0662. The van der Waals surface area contributed by atoms with Crippen molar-refractivity contribution in [3.8, 4) is 11.1 Å². The number of benzene rings is 2. The van der Waals surface area contributed by atoms with Gasteiger partial charge in [0.1, 0.15) is 0 Å². The Morgan fingerprint density at radius 2 is 1.67 bits per heavy atom.